The van der Waals surface area contributed by atoms with Crippen molar-refractivity contribution in [2.75, 3.05) is 32.8 Å². The molecule has 27 heavy (non-hydrogen) atoms. The molecule has 1 aliphatic rings. The molecule has 1 saturated heterocycles. The molecule has 1 atom stereocenters. The molecule has 0 bridgehead atoms. The number of nitrogens with zero attached hydrogens (tertiary/aromatic N) is 1. The molecule has 6 heteroatoms. The van der Waals surface area contributed by atoms with E-state index in [9.17, 15) is 9.59 Å². The van der Waals surface area contributed by atoms with Crippen LogP contribution in [0, 0.1) is 0 Å². The third kappa shape index (κ3) is 5.56. The van der Waals surface area contributed by atoms with E-state index in [-0.39, 0.29) is 24.8 Å². The van der Waals surface area contributed by atoms with Gasteiger partial charge in [0.25, 0.3) is 5.91 Å². The number of para-hydroxylation sites is 1. The third-order valence-corrected chi connectivity index (χ3v) is 4.34. The Balaban J connectivity index is 1.58. The zero-order valence-corrected chi connectivity index (χ0v) is 15.2. The molecule has 3 rings (SSSR count). The van der Waals surface area contributed by atoms with E-state index < -0.39 is 6.10 Å². The van der Waals surface area contributed by atoms with Crippen molar-refractivity contribution in [3.63, 3.8) is 0 Å². The van der Waals surface area contributed by atoms with Crippen LogP contribution in [-0.4, -0.2) is 49.6 Å². The number of hydrogen-bond acceptors (Lipinski definition) is 4. The molecule has 2 aromatic carbocycles. The van der Waals surface area contributed by atoms with E-state index in [4.69, 9.17) is 9.47 Å². The number of carbonyl (C=O) groups excluding carboxylic acids is 2. The SMILES string of the molecule is O=C(NCCC(=O)N1CCOCC1)[C@H](Oc1ccccc1)c1ccccc1. The maximum Gasteiger partial charge on any atom is 0.265 e. The number of hydrogen-bond donors (Lipinski definition) is 1. The van der Waals surface area contributed by atoms with Gasteiger partial charge in [0, 0.05) is 31.6 Å². The quantitative estimate of drug-likeness (QED) is 0.813. The summed E-state index contributed by atoms with van der Waals surface area (Å²) in [7, 11) is 0. The fraction of sp³-hybridized carbons (Fsp3) is 0.333. The van der Waals surface area contributed by atoms with Gasteiger partial charge in [-0.3, -0.25) is 9.59 Å². The predicted octanol–water partition coefficient (Wildman–Crippen LogP) is 2.17. The molecule has 0 saturated carbocycles. The van der Waals surface area contributed by atoms with Gasteiger partial charge in [-0.1, -0.05) is 48.5 Å². The summed E-state index contributed by atoms with van der Waals surface area (Å²) in [5.74, 6) is 0.379. The maximum absolute atomic E-state index is 12.7. The Morgan fingerprint density at radius 1 is 1.00 bits per heavy atom. The first kappa shape index (κ1) is 18.9. The number of amides is 2. The summed E-state index contributed by atoms with van der Waals surface area (Å²) in [4.78, 5) is 26.7. The minimum atomic E-state index is -0.771. The van der Waals surface area contributed by atoms with Gasteiger partial charge in [0.2, 0.25) is 12.0 Å². The summed E-state index contributed by atoms with van der Waals surface area (Å²) in [5, 5.41) is 2.83. The van der Waals surface area contributed by atoms with E-state index in [1.807, 2.05) is 60.7 Å². The van der Waals surface area contributed by atoms with Gasteiger partial charge in [-0.25, -0.2) is 0 Å². The molecule has 2 amide bonds. The van der Waals surface area contributed by atoms with Gasteiger partial charge >= 0.3 is 0 Å². The molecule has 1 N–H and O–H groups in total. The van der Waals surface area contributed by atoms with Crippen molar-refractivity contribution in [2.24, 2.45) is 0 Å². The van der Waals surface area contributed by atoms with Crippen molar-refractivity contribution in [3.8, 4) is 5.75 Å². The van der Waals surface area contributed by atoms with Gasteiger partial charge in [-0.05, 0) is 12.1 Å². The highest BCUT2D eigenvalue weighted by molar-refractivity contribution is 5.83. The molecule has 0 unspecified atom stereocenters. The molecule has 1 aliphatic heterocycles. The van der Waals surface area contributed by atoms with E-state index in [2.05, 4.69) is 5.32 Å². The Kier molecular flexibility index (Phi) is 6.82. The van der Waals surface area contributed by atoms with Crippen LogP contribution in [0.4, 0.5) is 0 Å². The predicted molar refractivity (Wildman–Crippen MR) is 101 cm³/mol. The Morgan fingerprint density at radius 3 is 2.30 bits per heavy atom. The summed E-state index contributed by atoms with van der Waals surface area (Å²) in [6, 6.07) is 18.6. The molecule has 0 radical (unpaired) electrons. The molecule has 1 heterocycles. The normalized spacial score (nSPS) is 15.0. The second-order valence-electron chi connectivity index (χ2n) is 6.26. The van der Waals surface area contributed by atoms with E-state index in [0.29, 0.717) is 32.1 Å². The molecule has 6 nitrogen and oxygen atoms in total. The van der Waals surface area contributed by atoms with Crippen LogP contribution in [0.15, 0.2) is 60.7 Å². The molecule has 0 spiro atoms. The largest absolute Gasteiger partial charge is 0.476 e. The van der Waals surface area contributed by atoms with E-state index in [1.54, 1.807) is 4.90 Å². The lowest BCUT2D eigenvalue weighted by atomic mass is 10.1. The molecular weight excluding hydrogens is 344 g/mol. The standard InChI is InChI=1S/C21H24N2O4/c24-19(23-13-15-26-16-14-23)11-12-22-21(25)20(17-7-3-1-4-8-17)27-18-9-5-2-6-10-18/h1-10,20H,11-16H2,(H,22,25)/t20-/m1/s1. The van der Waals surface area contributed by atoms with Crippen molar-refractivity contribution < 1.29 is 19.1 Å². The average molecular weight is 368 g/mol. The van der Waals surface area contributed by atoms with Gasteiger partial charge in [0.05, 0.1) is 13.2 Å². The van der Waals surface area contributed by atoms with E-state index >= 15 is 0 Å². The Labute approximate surface area is 159 Å². The Bertz CT molecular complexity index is 730. The number of nitrogens with one attached hydrogen (secondary N) is 1. The van der Waals surface area contributed by atoms with E-state index in [0.717, 1.165) is 5.56 Å². The van der Waals surface area contributed by atoms with Gasteiger partial charge in [-0.15, -0.1) is 0 Å². The Hall–Kier alpha value is -2.86. The minimum absolute atomic E-state index is 0.0267. The first-order valence-electron chi connectivity index (χ1n) is 9.14. The minimum Gasteiger partial charge on any atom is -0.476 e. The van der Waals surface area contributed by atoms with Crippen LogP contribution in [-0.2, 0) is 14.3 Å². The van der Waals surface area contributed by atoms with E-state index in [1.165, 1.54) is 0 Å². The second-order valence-corrected chi connectivity index (χ2v) is 6.26. The summed E-state index contributed by atoms with van der Waals surface area (Å²) in [5.41, 5.74) is 0.762. The van der Waals surface area contributed by atoms with Crippen molar-refractivity contribution in [1.82, 2.24) is 10.2 Å². The zero-order valence-electron chi connectivity index (χ0n) is 15.2. The third-order valence-electron chi connectivity index (χ3n) is 4.34. The van der Waals surface area contributed by atoms with Crippen LogP contribution in [0.1, 0.15) is 18.1 Å². The topological polar surface area (TPSA) is 67.9 Å². The van der Waals surface area contributed by atoms with Crippen LogP contribution < -0.4 is 10.1 Å². The maximum atomic E-state index is 12.7. The fourth-order valence-electron chi connectivity index (χ4n) is 2.89. The number of carbonyl (C=O) groups is 2. The number of rotatable bonds is 7. The summed E-state index contributed by atoms with van der Waals surface area (Å²) >= 11 is 0. The summed E-state index contributed by atoms with van der Waals surface area (Å²) in [6.07, 6.45) is -0.509. The molecule has 2 aromatic rings. The molecular formula is C21H24N2O4. The van der Waals surface area contributed by atoms with Crippen molar-refractivity contribution in [2.45, 2.75) is 12.5 Å². The van der Waals surface area contributed by atoms with Crippen molar-refractivity contribution in [1.29, 1.82) is 0 Å². The lowest BCUT2D eigenvalue weighted by Crippen LogP contribution is -2.42. The number of benzene rings is 2. The highest BCUT2D eigenvalue weighted by Crippen LogP contribution is 2.22. The van der Waals surface area contributed by atoms with Gasteiger partial charge < -0.3 is 19.7 Å². The van der Waals surface area contributed by atoms with Crippen LogP contribution in [0.2, 0.25) is 0 Å². The van der Waals surface area contributed by atoms with Gasteiger partial charge in [0.15, 0.2) is 0 Å². The van der Waals surface area contributed by atoms with Crippen LogP contribution in [0.5, 0.6) is 5.75 Å². The monoisotopic (exact) mass is 368 g/mol. The van der Waals surface area contributed by atoms with Gasteiger partial charge in [-0.2, -0.15) is 0 Å². The molecule has 0 aromatic heterocycles. The van der Waals surface area contributed by atoms with Crippen LogP contribution >= 0.6 is 0 Å². The lowest BCUT2D eigenvalue weighted by molar-refractivity contribution is -0.135. The van der Waals surface area contributed by atoms with Crippen molar-refractivity contribution >= 4 is 11.8 Å². The fourth-order valence-corrected chi connectivity index (χ4v) is 2.89. The smallest absolute Gasteiger partial charge is 0.265 e. The number of morpholine rings is 1. The summed E-state index contributed by atoms with van der Waals surface area (Å²) in [6.45, 7) is 2.63. The summed E-state index contributed by atoms with van der Waals surface area (Å²) < 4.78 is 11.2. The lowest BCUT2D eigenvalue weighted by Gasteiger charge is -2.27. The molecule has 142 valence electrons. The first-order valence-corrected chi connectivity index (χ1v) is 9.14. The number of ether oxygens (including phenoxy) is 2. The molecule has 1 fully saturated rings. The zero-order chi connectivity index (χ0) is 18.9. The highest BCUT2D eigenvalue weighted by atomic mass is 16.5. The van der Waals surface area contributed by atoms with Crippen LogP contribution in [0.25, 0.3) is 0 Å². The Morgan fingerprint density at radius 2 is 1.63 bits per heavy atom. The first-order chi connectivity index (χ1) is 13.2. The van der Waals surface area contributed by atoms with Crippen molar-refractivity contribution in [3.05, 3.63) is 66.2 Å². The highest BCUT2D eigenvalue weighted by Gasteiger charge is 2.23. The average Bonchev–Trinajstić information content (AvgIpc) is 2.74. The second kappa shape index (κ2) is 9.73. The van der Waals surface area contributed by atoms with Gasteiger partial charge in [0.1, 0.15) is 5.75 Å². The molecule has 0 aliphatic carbocycles. The van der Waals surface area contributed by atoms with Crippen LogP contribution in [0.3, 0.4) is 0 Å².